The first kappa shape index (κ1) is 18.2. The Kier molecular flexibility index (Phi) is 4.34. The summed E-state index contributed by atoms with van der Waals surface area (Å²) in [5.41, 5.74) is 4.14. The molecule has 0 aromatic heterocycles. The number of anilines is 1. The van der Waals surface area contributed by atoms with Crippen LogP contribution in [-0.2, 0) is 10.2 Å². The van der Waals surface area contributed by atoms with Crippen molar-refractivity contribution in [3.63, 3.8) is 0 Å². The van der Waals surface area contributed by atoms with Gasteiger partial charge in [-0.1, -0.05) is 49.8 Å². The van der Waals surface area contributed by atoms with Crippen molar-refractivity contribution >= 4 is 29.4 Å². The molecule has 1 fully saturated rings. The van der Waals surface area contributed by atoms with E-state index in [0.717, 1.165) is 12.1 Å². The molecule has 0 unspecified atom stereocenters. The Balaban J connectivity index is 1.81. The average molecular weight is 379 g/mol. The van der Waals surface area contributed by atoms with E-state index >= 15 is 0 Å². The van der Waals surface area contributed by atoms with Crippen LogP contribution in [0.2, 0.25) is 0 Å². The molecule has 27 heavy (non-hydrogen) atoms. The third-order valence-electron chi connectivity index (χ3n) is 6.02. The lowest BCUT2D eigenvalue weighted by molar-refractivity contribution is -0.124. The van der Waals surface area contributed by atoms with E-state index < -0.39 is 5.66 Å². The molecule has 4 heteroatoms. The molecule has 2 aliphatic rings. The molecule has 3 nitrogen and oxygen atoms in total. The van der Waals surface area contributed by atoms with Gasteiger partial charge in [-0.05, 0) is 48.6 Å². The number of carbonyl (C=O) groups excluding carboxylic acids is 1. The van der Waals surface area contributed by atoms with E-state index in [9.17, 15) is 4.79 Å². The number of thioether (sulfide) groups is 1. The van der Waals surface area contributed by atoms with E-state index in [-0.39, 0.29) is 11.3 Å². The normalized spacial score (nSPS) is 23.3. The second kappa shape index (κ2) is 6.45. The van der Waals surface area contributed by atoms with Crippen molar-refractivity contribution in [3.8, 4) is 0 Å². The number of nitrogens with zero attached hydrogens (tertiary/aromatic N) is 1. The molecule has 1 atom stereocenters. The number of amides is 1. The molecule has 4 rings (SSSR count). The SMILES string of the molecule is CSc1ccc(/C=C/[C@@]23NC(=O)CCN2c2ccc(C)cc2C3(C)C)cc1. The minimum atomic E-state index is -0.545. The zero-order valence-corrected chi connectivity index (χ0v) is 17.2. The molecule has 1 amide bonds. The van der Waals surface area contributed by atoms with Crippen LogP contribution in [0.1, 0.15) is 37.0 Å². The number of hydrogen-bond acceptors (Lipinski definition) is 3. The lowest BCUT2D eigenvalue weighted by atomic mass is 9.74. The van der Waals surface area contributed by atoms with Crippen molar-refractivity contribution < 1.29 is 4.79 Å². The Labute approximate surface area is 165 Å². The average Bonchev–Trinajstić information content (AvgIpc) is 2.84. The number of rotatable bonds is 3. The van der Waals surface area contributed by atoms with Crippen molar-refractivity contribution in [3.05, 3.63) is 65.2 Å². The molecule has 0 saturated carbocycles. The topological polar surface area (TPSA) is 32.3 Å². The highest BCUT2D eigenvalue weighted by Gasteiger charge is 2.57. The molecule has 2 heterocycles. The molecule has 0 spiro atoms. The molecule has 0 aliphatic carbocycles. The van der Waals surface area contributed by atoms with Gasteiger partial charge in [0.1, 0.15) is 5.66 Å². The molecule has 0 radical (unpaired) electrons. The number of fused-ring (bicyclic) bond motifs is 3. The first-order valence-corrected chi connectivity index (χ1v) is 10.6. The summed E-state index contributed by atoms with van der Waals surface area (Å²) in [5, 5.41) is 3.34. The maximum absolute atomic E-state index is 12.4. The Hall–Kier alpha value is -2.20. The van der Waals surface area contributed by atoms with Gasteiger partial charge in [-0.25, -0.2) is 0 Å². The van der Waals surface area contributed by atoms with E-state index in [1.54, 1.807) is 11.8 Å². The summed E-state index contributed by atoms with van der Waals surface area (Å²) in [6.45, 7) is 7.33. The fourth-order valence-electron chi connectivity index (χ4n) is 4.40. The smallest absolute Gasteiger partial charge is 0.223 e. The van der Waals surface area contributed by atoms with Gasteiger partial charge in [0, 0.05) is 29.0 Å². The quantitative estimate of drug-likeness (QED) is 0.783. The largest absolute Gasteiger partial charge is 0.344 e. The summed E-state index contributed by atoms with van der Waals surface area (Å²) in [5.74, 6) is 0.117. The van der Waals surface area contributed by atoms with Crippen LogP contribution in [0.25, 0.3) is 6.08 Å². The van der Waals surface area contributed by atoms with Gasteiger partial charge in [-0.3, -0.25) is 4.79 Å². The third-order valence-corrected chi connectivity index (χ3v) is 6.76. The molecular weight excluding hydrogens is 352 g/mol. The van der Waals surface area contributed by atoms with Crippen molar-refractivity contribution in [2.45, 2.75) is 43.2 Å². The molecule has 140 valence electrons. The predicted molar refractivity (Wildman–Crippen MR) is 114 cm³/mol. The highest BCUT2D eigenvalue weighted by Crippen LogP contribution is 2.52. The number of benzene rings is 2. The fourth-order valence-corrected chi connectivity index (χ4v) is 4.81. The van der Waals surface area contributed by atoms with E-state index in [0.29, 0.717) is 6.42 Å². The number of aryl methyl sites for hydroxylation is 1. The van der Waals surface area contributed by atoms with E-state index in [1.807, 2.05) is 0 Å². The molecular formula is C23H26N2OS. The van der Waals surface area contributed by atoms with E-state index in [2.05, 4.69) is 91.9 Å². The van der Waals surface area contributed by atoms with Crippen LogP contribution in [0.3, 0.4) is 0 Å². The molecule has 2 aromatic rings. The minimum Gasteiger partial charge on any atom is -0.344 e. The van der Waals surface area contributed by atoms with Crippen LogP contribution >= 0.6 is 11.8 Å². The molecule has 2 aliphatic heterocycles. The van der Waals surface area contributed by atoms with E-state index in [1.165, 1.54) is 21.7 Å². The van der Waals surface area contributed by atoms with Crippen LogP contribution in [0.4, 0.5) is 5.69 Å². The summed E-state index contributed by atoms with van der Waals surface area (Å²) in [6.07, 6.45) is 6.94. The maximum Gasteiger partial charge on any atom is 0.223 e. The van der Waals surface area contributed by atoms with Crippen molar-refractivity contribution in [2.24, 2.45) is 0 Å². The third kappa shape index (κ3) is 2.78. The Bertz CT molecular complexity index is 916. The Morgan fingerprint density at radius 1 is 1.15 bits per heavy atom. The Morgan fingerprint density at radius 3 is 2.59 bits per heavy atom. The second-order valence-electron chi connectivity index (χ2n) is 7.97. The van der Waals surface area contributed by atoms with Gasteiger partial charge >= 0.3 is 0 Å². The fraction of sp³-hybridized carbons (Fsp3) is 0.348. The first-order valence-electron chi connectivity index (χ1n) is 9.40. The van der Waals surface area contributed by atoms with Crippen LogP contribution in [-0.4, -0.2) is 24.4 Å². The van der Waals surface area contributed by atoms with E-state index in [4.69, 9.17) is 0 Å². The number of carbonyl (C=O) groups is 1. The van der Waals surface area contributed by atoms with Gasteiger partial charge in [0.25, 0.3) is 0 Å². The molecule has 1 saturated heterocycles. The number of nitrogens with one attached hydrogen (secondary N) is 1. The summed E-state index contributed by atoms with van der Waals surface area (Å²) >= 11 is 1.74. The van der Waals surface area contributed by atoms with Gasteiger partial charge in [0.05, 0.1) is 0 Å². The van der Waals surface area contributed by atoms with Crippen molar-refractivity contribution in [1.29, 1.82) is 0 Å². The van der Waals surface area contributed by atoms with Crippen molar-refractivity contribution in [1.82, 2.24) is 5.32 Å². The summed E-state index contributed by atoms with van der Waals surface area (Å²) in [6, 6.07) is 15.2. The van der Waals surface area contributed by atoms with Gasteiger partial charge < -0.3 is 10.2 Å². The lowest BCUT2D eigenvalue weighted by Crippen LogP contribution is -2.68. The van der Waals surface area contributed by atoms with Crippen LogP contribution in [0, 0.1) is 6.92 Å². The highest BCUT2D eigenvalue weighted by atomic mass is 32.2. The van der Waals surface area contributed by atoms with Gasteiger partial charge in [0.2, 0.25) is 5.91 Å². The van der Waals surface area contributed by atoms with Crippen LogP contribution in [0.5, 0.6) is 0 Å². The standard InChI is InChI=1S/C23H26N2OS/c1-16-5-10-20-19(15-16)22(2,3)23(24-21(26)12-14-25(20)23)13-11-17-6-8-18(27-4)9-7-17/h5-11,13,15H,12,14H2,1-4H3,(H,24,26)/b13-11+/t23-/m1/s1. The minimum absolute atomic E-state index is 0.117. The molecule has 0 bridgehead atoms. The lowest BCUT2D eigenvalue weighted by Gasteiger charge is -2.49. The maximum atomic E-state index is 12.4. The molecule has 1 N–H and O–H groups in total. The Morgan fingerprint density at radius 2 is 1.89 bits per heavy atom. The first-order chi connectivity index (χ1) is 12.9. The monoisotopic (exact) mass is 378 g/mol. The second-order valence-corrected chi connectivity index (χ2v) is 8.85. The van der Waals surface area contributed by atoms with Crippen molar-refractivity contribution in [2.75, 3.05) is 17.7 Å². The summed E-state index contributed by atoms with van der Waals surface area (Å²) in [7, 11) is 0. The summed E-state index contributed by atoms with van der Waals surface area (Å²) < 4.78 is 0. The number of hydrogen-bond donors (Lipinski definition) is 1. The zero-order valence-electron chi connectivity index (χ0n) is 16.4. The van der Waals surface area contributed by atoms with Crippen LogP contribution < -0.4 is 10.2 Å². The van der Waals surface area contributed by atoms with Crippen LogP contribution in [0.15, 0.2) is 53.4 Å². The predicted octanol–water partition coefficient (Wildman–Crippen LogP) is 4.74. The van der Waals surface area contributed by atoms with Gasteiger partial charge in [-0.15, -0.1) is 11.8 Å². The van der Waals surface area contributed by atoms with Gasteiger partial charge in [-0.2, -0.15) is 0 Å². The zero-order chi connectivity index (χ0) is 19.2. The van der Waals surface area contributed by atoms with Gasteiger partial charge in [0.15, 0.2) is 0 Å². The highest BCUT2D eigenvalue weighted by molar-refractivity contribution is 7.98. The summed E-state index contributed by atoms with van der Waals surface area (Å²) in [4.78, 5) is 16.1. The molecule has 2 aromatic carbocycles.